The van der Waals surface area contributed by atoms with Crippen LogP contribution in [0.2, 0.25) is 0 Å². The van der Waals surface area contributed by atoms with Gasteiger partial charge in [0, 0.05) is 24.5 Å². The Balaban J connectivity index is 1.48. The van der Waals surface area contributed by atoms with E-state index >= 15 is 0 Å². The van der Waals surface area contributed by atoms with Crippen LogP contribution in [-0.4, -0.2) is 43.5 Å². The molecule has 158 valence electrons. The van der Waals surface area contributed by atoms with Gasteiger partial charge in [0.1, 0.15) is 0 Å². The van der Waals surface area contributed by atoms with E-state index in [1.54, 1.807) is 11.0 Å². The number of hydrogen-bond donors (Lipinski definition) is 2. The SMILES string of the molecule is Cc1ccc(CNS(=O)(=O)c2ccc3c(c2)NC(=O)C(C(=O)N2CCCC2)S3)cc1. The molecule has 1 atom stereocenters. The molecule has 0 radical (unpaired) electrons. The van der Waals surface area contributed by atoms with Gasteiger partial charge in [0.25, 0.3) is 0 Å². The van der Waals surface area contributed by atoms with E-state index in [0.29, 0.717) is 23.7 Å². The molecule has 0 aromatic heterocycles. The first-order valence-electron chi connectivity index (χ1n) is 9.79. The number of hydrogen-bond acceptors (Lipinski definition) is 5. The quantitative estimate of drug-likeness (QED) is 0.690. The van der Waals surface area contributed by atoms with Gasteiger partial charge in [0.15, 0.2) is 5.25 Å². The minimum atomic E-state index is -3.75. The molecule has 2 aliphatic heterocycles. The van der Waals surface area contributed by atoms with Gasteiger partial charge in [-0.05, 0) is 43.5 Å². The lowest BCUT2D eigenvalue weighted by Gasteiger charge is -2.27. The minimum Gasteiger partial charge on any atom is -0.341 e. The summed E-state index contributed by atoms with van der Waals surface area (Å²) in [6.07, 6.45) is 1.91. The topological polar surface area (TPSA) is 95.6 Å². The lowest BCUT2D eigenvalue weighted by molar-refractivity contribution is -0.133. The molecule has 2 amide bonds. The van der Waals surface area contributed by atoms with Crippen molar-refractivity contribution in [2.24, 2.45) is 0 Å². The first-order valence-corrected chi connectivity index (χ1v) is 12.2. The summed E-state index contributed by atoms with van der Waals surface area (Å²) in [4.78, 5) is 27.6. The predicted molar refractivity (Wildman–Crippen MR) is 116 cm³/mol. The predicted octanol–water partition coefficient (Wildman–Crippen LogP) is 2.51. The van der Waals surface area contributed by atoms with Crippen molar-refractivity contribution < 1.29 is 18.0 Å². The van der Waals surface area contributed by atoms with Crippen LogP contribution in [0.1, 0.15) is 24.0 Å². The summed E-state index contributed by atoms with van der Waals surface area (Å²) in [7, 11) is -3.75. The van der Waals surface area contributed by atoms with Gasteiger partial charge in [-0.3, -0.25) is 9.59 Å². The first kappa shape index (κ1) is 20.9. The number of nitrogens with one attached hydrogen (secondary N) is 2. The Hall–Kier alpha value is -2.36. The third kappa shape index (κ3) is 4.38. The Morgan fingerprint density at radius 2 is 1.87 bits per heavy atom. The molecule has 4 rings (SSSR count). The van der Waals surface area contributed by atoms with Gasteiger partial charge in [-0.25, -0.2) is 13.1 Å². The summed E-state index contributed by atoms with van der Waals surface area (Å²) in [5.41, 5.74) is 2.37. The molecule has 2 aliphatic rings. The molecule has 1 saturated heterocycles. The second-order valence-electron chi connectivity index (χ2n) is 7.49. The van der Waals surface area contributed by atoms with E-state index in [2.05, 4.69) is 10.0 Å². The van der Waals surface area contributed by atoms with Crippen molar-refractivity contribution in [2.75, 3.05) is 18.4 Å². The van der Waals surface area contributed by atoms with Crippen LogP contribution in [0.15, 0.2) is 52.3 Å². The van der Waals surface area contributed by atoms with E-state index in [0.717, 1.165) is 24.0 Å². The number of anilines is 1. The highest BCUT2D eigenvalue weighted by Gasteiger charge is 2.37. The van der Waals surface area contributed by atoms with Crippen LogP contribution in [0.5, 0.6) is 0 Å². The molecule has 1 fully saturated rings. The van der Waals surface area contributed by atoms with Crippen molar-refractivity contribution in [3.8, 4) is 0 Å². The monoisotopic (exact) mass is 445 g/mol. The van der Waals surface area contributed by atoms with Crippen molar-refractivity contribution in [2.45, 2.75) is 41.4 Å². The Labute approximate surface area is 180 Å². The maximum absolute atomic E-state index is 12.7. The number of likely N-dealkylation sites (tertiary alicyclic amines) is 1. The molecule has 2 N–H and O–H groups in total. The highest BCUT2D eigenvalue weighted by molar-refractivity contribution is 8.01. The highest BCUT2D eigenvalue weighted by atomic mass is 32.2. The minimum absolute atomic E-state index is 0.0681. The van der Waals surface area contributed by atoms with Gasteiger partial charge in [0.2, 0.25) is 21.8 Å². The number of carbonyl (C=O) groups is 2. The van der Waals surface area contributed by atoms with Crippen LogP contribution in [0.3, 0.4) is 0 Å². The summed E-state index contributed by atoms with van der Waals surface area (Å²) in [6, 6.07) is 12.2. The lowest BCUT2D eigenvalue weighted by atomic mass is 10.2. The molecule has 1 unspecified atom stereocenters. The number of rotatable bonds is 5. The van der Waals surface area contributed by atoms with Crippen molar-refractivity contribution in [3.05, 3.63) is 53.6 Å². The molecular weight excluding hydrogens is 422 g/mol. The number of benzene rings is 2. The van der Waals surface area contributed by atoms with Crippen LogP contribution in [0, 0.1) is 6.92 Å². The van der Waals surface area contributed by atoms with Crippen molar-refractivity contribution in [1.29, 1.82) is 0 Å². The molecule has 0 aliphatic carbocycles. The number of aryl methyl sites for hydroxylation is 1. The van der Waals surface area contributed by atoms with Crippen LogP contribution in [0.25, 0.3) is 0 Å². The van der Waals surface area contributed by atoms with E-state index in [1.807, 2.05) is 31.2 Å². The molecule has 2 aromatic rings. The molecule has 2 heterocycles. The van der Waals surface area contributed by atoms with E-state index in [4.69, 9.17) is 0 Å². The van der Waals surface area contributed by atoms with Gasteiger partial charge in [-0.15, -0.1) is 11.8 Å². The average molecular weight is 446 g/mol. The Morgan fingerprint density at radius 1 is 1.17 bits per heavy atom. The number of fused-ring (bicyclic) bond motifs is 1. The summed E-state index contributed by atoms with van der Waals surface area (Å²) < 4.78 is 28.0. The van der Waals surface area contributed by atoms with Gasteiger partial charge >= 0.3 is 0 Å². The van der Waals surface area contributed by atoms with Gasteiger partial charge in [0.05, 0.1) is 10.6 Å². The maximum Gasteiger partial charge on any atom is 0.247 e. The van der Waals surface area contributed by atoms with E-state index in [9.17, 15) is 18.0 Å². The van der Waals surface area contributed by atoms with Crippen LogP contribution in [0.4, 0.5) is 5.69 Å². The average Bonchev–Trinajstić information content (AvgIpc) is 3.27. The van der Waals surface area contributed by atoms with Crippen molar-refractivity contribution in [3.63, 3.8) is 0 Å². The lowest BCUT2D eigenvalue weighted by Crippen LogP contribution is -2.43. The van der Waals surface area contributed by atoms with E-state index in [-0.39, 0.29) is 17.3 Å². The molecular formula is C21H23N3O4S2. The molecule has 0 saturated carbocycles. The molecule has 30 heavy (non-hydrogen) atoms. The van der Waals surface area contributed by atoms with E-state index < -0.39 is 21.2 Å². The molecule has 9 heteroatoms. The fraction of sp³-hybridized carbons (Fsp3) is 0.333. The Morgan fingerprint density at radius 3 is 2.57 bits per heavy atom. The normalized spacial score (nSPS) is 18.8. The zero-order valence-corrected chi connectivity index (χ0v) is 18.2. The second-order valence-corrected chi connectivity index (χ2v) is 10.4. The van der Waals surface area contributed by atoms with Crippen molar-refractivity contribution >= 4 is 39.3 Å². The third-order valence-electron chi connectivity index (χ3n) is 5.23. The zero-order valence-electron chi connectivity index (χ0n) is 16.6. The van der Waals surface area contributed by atoms with E-state index in [1.165, 1.54) is 23.9 Å². The summed E-state index contributed by atoms with van der Waals surface area (Å²) >= 11 is 1.17. The summed E-state index contributed by atoms with van der Waals surface area (Å²) in [5, 5.41) is 1.87. The number of carbonyl (C=O) groups excluding carboxylic acids is 2. The first-order chi connectivity index (χ1) is 14.3. The zero-order chi connectivity index (χ0) is 21.3. The Bertz CT molecular complexity index is 1080. The fourth-order valence-corrected chi connectivity index (χ4v) is 5.59. The maximum atomic E-state index is 12.7. The highest BCUT2D eigenvalue weighted by Crippen LogP contribution is 2.38. The molecule has 0 spiro atoms. The smallest absolute Gasteiger partial charge is 0.247 e. The Kier molecular flexibility index (Phi) is 5.86. The van der Waals surface area contributed by atoms with Gasteiger partial charge < -0.3 is 10.2 Å². The van der Waals surface area contributed by atoms with Crippen LogP contribution in [-0.2, 0) is 26.2 Å². The largest absolute Gasteiger partial charge is 0.341 e. The van der Waals surface area contributed by atoms with Crippen LogP contribution >= 0.6 is 11.8 Å². The molecule has 7 nitrogen and oxygen atoms in total. The number of nitrogens with zero attached hydrogens (tertiary/aromatic N) is 1. The summed E-state index contributed by atoms with van der Waals surface area (Å²) in [6.45, 7) is 3.50. The van der Waals surface area contributed by atoms with Crippen LogP contribution < -0.4 is 10.0 Å². The second kappa shape index (κ2) is 8.41. The van der Waals surface area contributed by atoms with Gasteiger partial charge in [-0.2, -0.15) is 0 Å². The number of thioether (sulfide) groups is 1. The summed E-state index contributed by atoms with van der Waals surface area (Å²) in [5.74, 6) is -0.594. The number of amides is 2. The standard InChI is InChI=1S/C21H23N3O4S2/c1-14-4-6-15(7-5-14)13-22-30(27,28)16-8-9-18-17(12-16)23-20(25)19(29-18)21(26)24-10-2-3-11-24/h4-9,12,19,22H,2-3,10-11,13H2,1H3,(H,23,25). The molecule has 0 bridgehead atoms. The molecule has 2 aromatic carbocycles. The third-order valence-corrected chi connectivity index (χ3v) is 7.89. The number of sulfonamides is 1. The van der Waals surface area contributed by atoms with Crippen molar-refractivity contribution in [1.82, 2.24) is 9.62 Å². The fourth-order valence-electron chi connectivity index (χ4n) is 3.49. The van der Waals surface area contributed by atoms with Gasteiger partial charge in [-0.1, -0.05) is 29.8 Å².